The van der Waals surface area contributed by atoms with Crippen molar-refractivity contribution in [3.63, 3.8) is 0 Å². The molecular formula is C25H27N5O5S2. The Bertz CT molecular complexity index is 1690. The van der Waals surface area contributed by atoms with E-state index in [1.807, 2.05) is 11.8 Å². The number of aryl methyl sites for hydroxylation is 2. The van der Waals surface area contributed by atoms with Crippen LogP contribution in [0.25, 0.3) is 22.3 Å². The zero-order valence-corrected chi connectivity index (χ0v) is 22.4. The van der Waals surface area contributed by atoms with E-state index in [0.717, 1.165) is 11.8 Å². The maximum absolute atomic E-state index is 14.1. The molecule has 4 aromatic rings. The maximum atomic E-state index is 14.1. The molecule has 0 atom stereocenters. The predicted octanol–water partition coefficient (Wildman–Crippen LogP) is 2.85. The van der Waals surface area contributed by atoms with E-state index in [4.69, 9.17) is 9.72 Å². The van der Waals surface area contributed by atoms with E-state index in [2.05, 4.69) is 15.2 Å². The molecule has 1 aliphatic heterocycles. The number of ether oxygens (including phenoxy) is 1. The molecule has 0 unspecified atom stereocenters. The molecule has 5 rings (SSSR count). The van der Waals surface area contributed by atoms with Gasteiger partial charge in [-0.05, 0) is 38.1 Å². The van der Waals surface area contributed by atoms with E-state index in [0.29, 0.717) is 48.7 Å². The zero-order valence-electron chi connectivity index (χ0n) is 20.7. The van der Waals surface area contributed by atoms with Crippen LogP contribution in [0.4, 0.5) is 5.82 Å². The van der Waals surface area contributed by atoms with Gasteiger partial charge in [0.05, 0.1) is 45.7 Å². The third-order valence-corrected chi connectivity index (χ3v) is 8.89. The van der Waals surface area contributed by atoms with Gasteiger partial charge in [0.25, 0.3) is 0 Å². The average Bonchev–Trinajstić information content (AvgIpc) is 3.23. The molecule has 3 heterocycles. The quantitative estimate of drug-likeness (QED) is 0.391. The first kappa shape index (κ1) is 25.3. The topological polar surface area (TPSA) is 135 Å². The van der Waals surface area contributed by atoms with Gasteiger partial charge in [0.2, 0.25) is 9.84 Å². The van der Waals surface area contributed by atoms with Crippen LogP contribution in [0.2, 0.25) is 0 Å². The van der Waals surface area contributed by atoms with Crippen molar-refractivity contribution in [1.82, 2.24) is 20.2 Å². The fourth-order valence-corrected chi connectivity index (χ4v) is 6.82. The van der Waals surface area contributed by atoms with E-state index < -0.39 is 19.7 Å². The lowest BCUT2D eigenvalue weighted by atomic mass is 10.1. The summed E-state index contributed by atoms with van der Waals surface area (Å²) in [5.41, 5.74) is 2.58. The minimum absolute atomic E-state index is 0.0320. The van der Waals surface area contributed by atoms with Crippen molar-refractivity contribution in [2.75, 3.05) is 37.5 Å². The lowest BCUT2D eigenvalue weighted by molar-refractivity contribution is 0.122. The molecule has 0 amide bonds. The van der Waals surface area contributed by atoms with Crippen molar-refractivity contribution in [1.29, 1.82) is 0 Å². The first-order valence-electron chi connectivity index (χ1n) is 11.7. The summed E-state index contributed by atoms with van der Waals surface area (Å²) in [5, 5.41) is 7.57. The van der Waals surface area contributed by atoms with Crippen LogP contribution >= 0.6 is 0 Å². The second kappa shape index (κ2) is 9.51. The number of aromatic amines is 1. The van der Waals surface area contributed by atoms with E-state index in [1.54, 1.807) is 49.4 Å². The number of H-pyrrole nitrogens is 1. The SMILES string of the molecule is Cc1ccc(S(=O)(=O)c2c(-c3nc(CS(C)(=O)=O)cc(N4CCOCC4)n3)ccc3[nH]nc(C)c23)cc1. The highest BCUT2D eigenvalue weighted by Gasteiger charge is 2.29. The molecule has 1 aliphatic rings. The summed E-state index contributed by atoms with van der Waals surface area (Å²) in [6, 6.07) is 11.7. The largest absolute Gasteiger partial charge is 0.378 e. The zero-order chi connectivity index (χ0) is 26.4. The Hall–Kier alpha value is -3.35. The Morgan fingerprint density at radius 3 is 2.35 bits per heavy atom. The van der Waals surface area contributed by atoms with Gasteiger partial charge in [-0.2, -0.15) is 5.10 Å². The van der Waals surface area contributed by atoms with Crippen LogP contribution in [0.5, 0.6) is 0 Å². The highest BCUT2D eigenvalue weighted by atomic mass is 32.2. The molecule has 2 aromatic carbocycles. The fraction of sp³-hybridized carbons (Fsp3) is 0.320. The van der Waals surface area contributed by atoms with Crippen LogP contribution in [0.15, 0.2) is 52.3 Å². The minimum Gasteiger partial charge on any atom is -0.378 e. The van der Waals surface area contributed by atoms with Crippen LogP contribution in [-0.2, 0) is 30.2 Å². The monoisotopic (exact) mass is 541 g/mol. The molecular weight excluding hydrogens is 514 g/mol. The van der Waals surface area contributed by atoms with Crippen molar-refractivity contribution in [3.05, 3.63) is 59.4 Å². The van der Waals surface area contributed by atoms with Crippen molar-refractivity contribution >= 4 is 36.4 Å². The molecule has 12 heteroatoms. The summed E-state index contributed by atoms with van der Waals surface area (Å²) in [4.78, 5) is 11.4. The summed E-state index contributed by atoms with van der Waals surface area (Å²) < 4.78 is 57.9. The van der Waals surface area contributed by atoms with Gasteiger partial charge >= 0.3 is 0 Å². The smallest absolute Gasteiger partial charge is 0.208 e. The third-order valence-electron chi connectivity index (χ3n) is 6.22. The van der Waals surface area contributed by atoms with Crippen LogP contribution in [0, 0.1) is 13.8 Å². The Morgan fingerprint density at radius 1 is 0.973 bits per heavy atom. The predicted molar refractivity (Wildman–Crippen MR) is 140 cm³/mol. The molecule has 10 nitrogen and oxygen atoms in total. The molecule has 2 aromatic heterocycles. The van der Waals surface area contributed by atoms with E-state index in [9.17, 15) is 16.8 Å². The Balaban J connectivity index is 1.78. The van der Waals surface area contributed by atoms with E-state index in [1.165, 1.54) is 0 Å². The molecule has 1 N–H and O–H groups in total. The van der Waals surface area contributed by atoms with Gasteiger partial charge in [-0.15, -0.1) is 0 Å². The molecule has 1 saturated heterocycles. The second-order valence-corrected chi connectivity index (χ2v) is 13.2. The van der Waals surface area contributed by atoms with Crippen molar-refractivity contribution in [3.8, 4) is 11.4 Å². The molecule has 0 radical (unpaired) electrons. The number of fused-ring (bicyclic) bond motifs is 1. The highest BCUT2D eigenvalue weighted by molar-refractivity contribution is 7.92. The lowest BCUT2D eigenvalue weighted by Crippen LogP contribution is -2.37. The number of aromatic nitrogens is 4. The molecule has 1 fully saturated rings. The van der Waals surface area contributed by atoms with Crippen LogP contribution < -0.4 is 4.90 Å². The molecule has 0 aliphatic carbocycles. The van der Waals surface area contributed by atoms with Gasteiger partial charge in [0, 0.05) is 36.4 Å². The summed E-state index contributed by atoms with van der Waals surface area (Å²) in [6.45, 7) is 5.78. The number of sulfone groups is 2. The molecule has 0 bridgehead atoms. The normalized spacial score (nSPS) is 14.8. The average molecular weight is 542 g/mol. The molecule has 0 saturated carbocycles. The highest BCUT2D eigenvalue weighted by Crippen LogP contribution is 2.37. The fourth-order valence-electron chi connectivity index (χ4n) is 4.43. The van der Waals surface area contributed by atoms with Crippen LogP contribution in [0.3, 0.4) is 0 Å². The minimum atomic E-state index is -4.03. The second-order valence-electron chi connectivity index (χ2n) is 9.20. The Labute approximate surface area is 215 Å². The lowest BCUT2D eigenvalue weighted by Gasteiger charge is -2.28. The van der Waals surface area contributed by atoms with Gasteiger partial charge in [-0.25, -0.2) is 26.8 Å². The molecule has 0 spiro atoms. The maximum Gasteiger partial charge on any atom is 0.208 e. The number of benzene rings is 2. The van der Waals surface area contributed by atoms with Crippen molar-refractivity contribution < 1.29 is 21.6 Å². The van der Waals surface area contributed by atoms with Gasteiger partial charge in [0.15, 0.2) is 15.7 Å². The first-order chi connectivity index (χ1) is 17.5. The van der Waals surface area contributed by atoms with Crippen LogP contribution in [-0.4, -0.2) is 69.6 Å². The van der Waals surface area contributed by atoms with Gasteiger partial charge in [-0.1, -0.05) is 17.7 Å². The number of hydrogen-bond acceptors (Lipinski definition) is 9. The first-order valence-corrected chi connectivity index (χ1v) is 15.3. The number of anilines is 1. The summed E-state index contributed by atoms with van der Waals surface area (Å²) >= 11 is 0. The number of nitrogens with zero attached hydrogens (tertiary/aromatic N) is 4. The summed E-state index contributed by atoms with van der Waals surface area (Å²) in [7, 11) is -7.44. The number of morpholine rings is 1. The number of nitrogens with one attached hydrogen (secondary N) is 1. The van der Waals surface area contributed by atoms with Gasteiger partial charge in [0.1, 0.15) is 5.82 Å². The number of hydrogen-bond donors (Lipinski definition) is 1. The summed E-state index contributed by atoms with van der Waals surface area (Å²) in [5.74, 6) is 0.359. The van der Waals surface area contributed by atoms with Crippen molar-refractivity contribution in [2.24, 2.45) is 0 Å². The molecule has 37 heavy (non-hydrogen) atoms. The Morgan fingerprint density at radius 2 is 1.68 bits per heavy atom. The van der Waals surface area contributed by atoms with Crippen molar-refractivity contribution in [2.45, 2.75) is 29.4 Å². The van der Waals surface area contributed by atoms with E-state index in [-0.39, 0.29) is 32.6 Å². The van der Waals surface area contributed by atoms with E-state index >= 15 is 0 Å². The molecule has 194 valence electrons. The Kier molecular flexibility index (Phi) is 6.50. The number of rotatable bonds is 6. The third kappa shape index (κ3) is 5.09. The summed E-state index contributed by atoms with van der Waals surface area (Å²) in [6.07, 6.45) is 1.14. The standard InChI is InChI=1S/C25H27N5O5S2/c1-16-4-6-19(7-5-16)37(33,34)24-20(8-9-21-23(24)17(2)28-29-21)25-26-18(15-36(3,31)32)14-22(27-25)30-10-12-35-13-11-30/h4-9,14H,10-13,15H2,1-3H3,(H,28,29). The van der Waals surface area contributed by atoms with Crippen LogP contribution in [0.1, 0.15) is 17.0 Å². The van der Waals surface area contributed by atoms with Gasteiger partial charge in [-0.3, -0.25) is 5.10 Å². The van der Waals surface area contributed by atoms with Gasteiger partial charge < -0.3 is 9.64 Å².